The van der Waals surface area contributed by atoms with Crippen LogP contribution in [0.4, 0.5) is 11.4 Å². The Morgan fingerprint density at radius 3 is 2.20 bits per heavy atom. The summed E-state index contributed by atoms with van der Waals surface area (Å²) in [5, 5.41) is 13.8. The van der Waals surface area contributed by atoms with Crippen LogP contribution < -0.4 is 25.7 Å². The zero-order chi connectivity index (χ0) is 31.6. The molecule has 0 aromatic heterocycles. The van der Waals surface area contributed by atoms with Crippen LogP contribution in [-0.4, -0.2) is 42.3 Å². The maximum Gasteiger partial charge on any atom is 0.272 e. The molecule has 226 valence electrons. The molecule has 0 aliphatic carbocycles. The first-order valence-electron chi connectivity index (χ1n) is 13.9. The van der Waals surface area contributed by atoms with E-state index in [9.17, 15) is 19.2 Å². The Labute approximate surface area is 264 Å². The summed E-state index contributed by atoms with van der Waals surface area (Å²) in [6, 6.07) is 31.7. The predicted octanol–water partition coefficient (Wildman–Crippen LogP) is 5.06. The fourth-order valence-electron chi connectivity index (χ4n) is 4.26. The maximum absolute atomic E-state index is 13.3. The molecule has 0 atom stereocenters. The van der Waals surface area contributed by atoms with Crippen molar-refractivity contribution in [3.8, 4) is 5.75 Å². The van der Waals surface area contributed by atoms with Gasteiger partial charge >= 0.3 is 0 Å². The van der Waals surface area contributed by atoms with Crippen LogP contribution in [0, 0.1) is 0 Å². The summed E-state index contributed by atoms with van der Waals surface area (Å²) >= 11 is 1.30. The van der Waals surface area contributed by atoms with Crippen LogP contribution in [0.25, 0.3) is 6.08 Å². The Morgan fingerprint density at radius 1 is 0.867 bits per heavy atom. The molecular formula is C34H29N5O5S. The average molecular weight is 620 g/mol. The molecule has 5 rings (SSSR count). The molecule has 4 aromatic rings. The second kappa shape index (κ2) is 14.7. The number of rotatable bonds is 10. The van der Waals surface area contributed by atoms with Gasteiger partial charge in [0.2, 0.25) is 5.91 Å². The zero-order valence-corrected chi connectivity index (χ0v) is 25.0. The van der Waals surface area contributed by atoms with Crippen LogP contribution in [0.1, 0.15) is 22.3 Å². The summed E-state index contributed by atoms with van der Waals surface area (Å²) in [4.78, 5) is 51.8. The monoisotopic (exact) mass is 619 g/mol. The van der Waals surface area contributed by atoms with Crippen molar-refractivity contribution in [2.45, 2.75) is 11.3 Å². The smallest absolute Gasteiger partial charge is 0.272 e. The highest BCUT2D eigenvalue weighted by Gasteiger charge is 2.26. The molecule has 0 radical (unpaired) electrons. The number of hydrogen-bond donors (Lipinski definition) is 3. The van der Waals surface area contributed by atoms with E-state index >= 15 is 0 Å². The molecule has 0 fully saturated rings. The molecule has 0 unspecified atom stereocenters. The van der Waals surface area contributed by atoms with Crippen LogP contribution in [0.15, 0.2) is 125 Å². The third kappa shape index (κ3) is 8.46. The van der Waals surface area contributed by atoms with Gasteiger partial charge in [0.05, 0.1) is 25.0 Å². The SMILES string of the molecule is COc1ccc(/C=C(\NC(=O)c2ccccc2)C(=O)Nc2ccc(SCC(=O)NC3=NN(c4ccccc4)C(=O)C3)cc2)cc1. The number of anilines is 2. The summed E-state index contributed by atoms with van der Waals surface area (Å²) in [7, 11) is 1.57. The van der Waals surface area contributed by atoms with E-state index in [1.54, 1.807) is 104 Å². The molecule has 0 bridgehead atoms. The van der Waals surface area contributed by atoms with E-state index < -0.39 is 11.8 Å². The van der Waals surface area contributed by atoms with Crippen molar-refractivity contribution in [1.29, 1.82) is 0 Å². The Hall–Kier alpha value is -5.68. The number of nitrogens with zero attached hydrogens (tertiary/aromatic N) is 2. The first-order valence-corrected chi connectivity index (χ1v) is 14.9. The van der Waals surface area contributed by atoms with Gasteiger partial charge in [-0.3, -0.25) is 19.2 Å². The van der Waals surface area contributed by atoms with Crippen LogP contribution in [0.5, 0.6) is 5.75 Å². The molecule has 1 aliphatic rings. The topological polar surface area (TPSA) is 129 Å². The van der Waals surface area contributed by atoms with Crippen LogP contribution in [0.2, 0.25) is 0 Å². The molecule has 45 heavy (non-hydrogen) atoms. The van der Waals surface area contributed by atoms with Crippen molar-refractivity contribution in [3.63, 3.8) is 0 Å². The lowest BCUT2D eigenvalue weighted by atomic mass is 10.1. The third-order valence-electron chi connectivity index (χ3n) is 6.50. The Morgan fingerprint density at radius 2 is 1.53 bits per heavy atom. The minimum atomic E-state index is -0.508. The molecule has 4 aromatic carbocycles. The molecule has 4 amide bonds. The van der Waals surface area contributed by atoms with Crippen LogP contribution in [0.3, 0.4) is 0 Å². The molecule has 3 N–H and O–H groups in total. The van der Waals surface area contributed by atoms with E-state index in [4.69, 9.17) is 4.74 Å². The van der Waals surface area contributed by atoms with Gasteiger partial charge in [0, 0.05) is 16.1 Å². The second-order valence-electron chi connectivity index (χ2n) is 9.73. The Balaban J connectivity index is 1.19. The number of amides is 4. The number of carbonyl (C=O) groups is 4. The average Bonchev–Trinajstić information content (AvgIpc) is 3.44. The van der Waals surface area contributed by atoms with Crippen molar-refractivity contribution in [3.05, 3.63) is 126 Å². The number of nitrogens with one attached hydrogen (secondary N) is 3. The number of carbonyl (C=O) groups excluding carboxylic acids is 4. The highest BCUT2D eigenvalue weighted by molar-refractivity contribution is 8.00. The van der Waals surface area contributed by atoms with Gasteiger partial charge in [-0.05, 0) is 72.3 Å². The maximum atomic E-state index is 13.3. The zero-order valence-electron chi connectivity index (χ0n) is 24.2. The molecule has 1 aliphatic heterocycles. The first kappa shape index (κ1) is 30.8. The largest absolute Gasteiger partial charge is 0.497 e. The van der Waals surface area contributed by atoms with E-state index in [2.05, 4.69) is 21.1 Å². The van der Waals surface area contributed by atoms with Crippen molar-refractivity contribution < 1.29 is 23.9 Å². The van der Waals surface area contributed by atoms with Gasteiger partial charge in [-0.2, -0.15) is 10.1 Å². The van der Waals surface area contributed by atoms with Gasteiger partial charge in [-0.25, -0.2) is 0 Å². The molecule has 0 saturated heterocycles. The van der Waals surface area contributed by atoms with Crippen molar-refractivity contribution in [2.24, 2.45) is 5.10 Å². The number of thioether (sulfide) groups is 1. The number of amidine groups is 1. The van der Waals surface area contributed by atoms with E-state index in [-0.39, 0.29) is 29.7 Å². The lowest BCUT2D eigenvalue weighted by Gasteiger charge is -2.12. The van der Waals surface area contributed by atoms with E-state index in [1.807, 2.05) is 18.2 Å². The summed E-state index contributed by atoms with van der Waals surface area (Å²) < 4.78 is 5.20. The van der Waals surface area contributed by atoms with Crippen molar-refractivity contribution >= 4 is 58.7 Å². The molecule has 10 nitrogen and oxygen atoms in total. The quantitative estimate of drug-likeness (QED) is 0.168. The van der Waals surface area contributed by atoms with Gasteiger partial charge < -0.3 is 20.7 Å². The number of benzene rings is 4. The van der Waals surface area contributed by atoms with E-state index in [0.717, 1.165) is 4.90 Å². The van der Waals surface area contributed by atoms with Gasteiger partial charge in [0.25, 0.3) is 17.7 Å². The van der Waals surface area contributed by atoms with Gasteiger partial charge in [-0.15, -0.1) is 11.8 Å². The van der Waals surface area contributed by atoms with E-state index in [1.165, 1.54) is 16.8 Å². The number of hydrogen-bond acceptors (Lipinski definition) is 7. The van der Waals surface area contributed by atoms with Gasteiger partial charge in [0.1, 0.15) is 17.3 Å². The summed E-state index contributed by atoms with van der Waals surface area (Å²) in [5.74, 6) is -0.374. The number of methoxy groups -OCH3 is 1. The second-order valence-corrected chi connectivity index (χ2v) is 10.8. The van der Waals surface area contributed by atoms with Crippen molar-refractivity contribution in [2.75, 3.05) is 23.2 Å². The van der Waals surface area contributed by atoms with Gasteiger partial charge in [-0.1, -0.05) is 48.5 Å². The predicted molar refractivity (Wildman–Crippen MR) is 175 cm³/mol. The van der Waals surface area contributed by atoms with Crippen LogP contribution >= 0.6 is 11.8 Å². The Kier molecular flexibility index (Phi) is 10.0. The first-order chi connectivity index (χ1) is 21.9. The van der Waals surface area contributed by atoms with Crippen molar-refractivity contribution in [1.82, 2.24) is 10.6 Å². The fourth-order valence-corrected chi connectivity index (χ4v) is 4.96. The molecular weight excluding hydrogens is 590 g/mol. The van der Waals surface area contributed by atoms with Gasteiger partial charge in [0.15, 0.2) is 0 Å². The molecule has 0 saturated carbocycles. The third-order valence-corrected chi connectivity index (χ3v) is 7.51. The molecule has 1 heterocycles. The minimum absolute atomic E-state index is 0.0143. The number of hydrazone groups is 1. The summed E-state index contributed by atoms with van der Waals surface area (Å²) in [6.07, 6.45) is 1.60. The van der Waals surface area contributed by atoms with E-state index in [0.29, 0.717) is 34.1 Å². The number of ether oxygens (including phenoxy) is 1. The molecule has 0 spiro atoms. The standard InChI is InChI=1S/C34H29N5O5S/c1-44-27-16-12-23(13-17-27)20-29(36-33(42)24-8-4-2-5-9-24)34(43)35-25-14-18-28(19-15-25)45-22-31(40)37-30-21-32(41)39(38-30)26-10-6-3-7-11-26/h2-20H,21-22H2,1H3,(H,35,43)(H,36,42)(H,37,38,40)/b29-20-. The molecule has 11 heteroatoms. The fraction of sp³-hybridized carbons (Fsp3) is 0.0882. The lowest BCUT2D eigenvalue weighted by Crippen LogP contribution is -2.31. The lowest BCUT2D eigenvalue weighted by molar-refractivity contribution is -0.117. The highest BCUT2D eigenvalue weighted by atomic mass is 32.2. The highest BCUT2D eigenvalue weighted by Crippen LogP contribution is 2.22. The summed E-state index contributed by atoms with van der Waals surface area (Å²) in [5.41, 5.74) is 2.30. The normalized spacial score (nSPS) is 12.7. The summed E-state index contributed by atoms with van der Waals surface area (Å²) in [6.45, 7) is 0. The number of para-hydroxylation sites is 1. The Bertz CT molecular complexity index is 1740. The minimum Gasteiger partial charge on any atom is -0.497 e. The van der Waals surface area contributed by atoms with Crippen LogP contribution in [-0.2, 0) is 14.4 Å².